The Balaban J connectivity index is 1.85. The third kappa shape index (κ3) is 2.55. The molecule has 0 N–H and O–H groups in total. The van der Waals surface area contributed by atoms with E-state index in [2.05, 4.69) is 21.6 Å². The van der Waals surface area contributed by atoms with Gasteiger partial charge in [0.25, 0.3) is 0 Å². The molecule has 1 fully saturated rings. The third-order valence-electron chi connectivity index (χ3n) is 3.99. The molecule has 0 aliphatic heterocycles. The topological polar surface area (TPSA) is 67.4 Å². The number of benzene rings is 1. The number of hydrogen-bond donors (Lipinski definition) is 0. The molecular weight excluding hydrogens is 250 g/mol. The van der Waals surface area contributed by atoms with E-state index in [-0.39, 0.29) is 0 Å². The summed E-state index contributed by atoms with van der Waals surface area (Å²) in [6, 6.07) is 9.85. The first-order valence-corrected chi connectivity index (χ1v) is 7.12. The van der Waals surface area contributed by atoms with Gasteiger partial charge in [-0.05, 0) is 34.9 Å². The molecule has 20 heavy (non-hydrogen) atoms. The first-order chi connectivity index (χ1) is 9.88. The van der Waals surface area contributed by atoms with Crippen LogP contribution in [-0.2, 0) is 6.54 Å². The molecular formula is C15H17N5. The van der Waals surface area contributed by atoms with Crippen molar-refractivity contribution in [2.75, 3.05) is 0 Å². The fourth-order valence-corrected chi connectivity index (χ4v) is 2.91. The van der Waals surface area contributed by atoms with Gasteiger partial charge in [-0.1, -0.05) is 37.5 Å². The van der Waals surface area contributed by atoms with Gasteiger partial charge in [-0.3, -0.25) is 0 Å². The van der Waals surface area contributed by atoms with E-state index in [4.69, 9.17) is 5.26 Å². The molecule has 5 heteroatoms. The van der Waals surface area contributed by atoms with Crippen molar-refractivity contribution in [3.63, 3.8) is 0 Å². The van der Waals surface area contributed by atoms with E-state index in [1.807, 2.05) is 28.9 Å². The molecule has 1 heterocycles. The molecule has 0 saturated heterocycles. The average molecular weight is 267 g/mol. The van der Waals surface area contributed by atoms with Crippen molar-refractivity contribution in [3.05, 3.63) is 41.2 Å². The molecule has 0 unspecified atom stereocenters. The SMILES string of the molecule is N#Cc1ccccc1Cn1nnnc1C1CCCCC1. The zero-order valence-electron chi connectivity index (χ0n) is 11.4. The van der Waals surface area contributed by atoms with Crippen molar-refractivity contribution in [1.29, 1.82) is 5.26 Å². The predicted octanol–water partition coefficient (Wildman–Crippen LogP) is 2.64. The van der Waals surface area contributed by atoms with Gasteiger partial charge in [-0.25, -0.2) is 4.68 Å². The summed E-state index contributed by atoms with van der Waals surface area (Å²) in [7, 11) is 0. The fourth-order valence-electron chi connectivity index (χ4n) is 2.91. The minimum absolute atomic E-state index is 0.466. The van der Waals surface area contributed by atoms with Crippen LogP contribution in [-0.4, -0.2) is 20.2 Å². The van der Waals surface area contributed by atoms with Crippen molar-refractivity contribution < 1.29 is 0 Å². The van der Waals surface area contributed by atoms with Gasteiger partial charge in [0.05, 0.1) is 18.2 Å². The molecule has 1 saturated carbocycles. The first-order valence-electron chi connectivity index (χ1n) is 7.12. The first kappa shape index (κ1) is 12.8. The van der Waals surface area contributed by atoms with E-state index in [9.17, 15) is 0 Å². The van der Waals surface area contributed by atoms with Gasteiger partial charge < -0.3 is 0 Å². The van der Waals surface area contributed by atoms with Crippen LogP contribution in [0.3, 0.4) is 0 Å². The van der Waals surface area contributed by atoms with Gasteiger partial charge in [0.15, 0.2) is 5.82 Å². The van der Waals surface area contributed by atoms with E-state index in [1.165, 1.54) is 32.1 Å². The zero-order chi connectivity index (χ0) is 13.8. The Hall–Kier alpha value is -2.22. The Labute approximate surface area is 118 Å². The van der Waals surface area contributed by atoms with Crippen LogP contribution in [0, 0.1) is 11.3 Å². The largest absolute Gasteiger partial charge is 0.225 e. The standard InChI is InChI=1S/C15H17N5/c16-10-13-8-4-5-9-14(13)11-20-15(17-18-19-20)12-6-2-1-3-7-12/h4-5,8-9,12H,1-3,6-7,11H2. The molecule has 5 nitrogen and oxygen atoms in total. The van der Waals surface area contributed by atoms with Crippen molar-refractivity contribution in [1.82, 2.24) is 20.2 Å². The highest BCUT2D eigenvalue weighted by molar-refractivity contribution is 5.37. The molecule has 0 amide bonds. The second-order valence-electron chi connectivity index (χ2n) is 5.30. The number of hydrogen-bond acceptors (Lipinski definition) is 4. The van der Waals surface area contributed by atoms with Crippen molar-refractivity contribution in [2.24, 2.45) is 0 Å². The third-order valence-corrected chi connectivity index (χ3v) is 3.99. The zero-order valence-corrected chi connectivity index (χ0v) is 11.4. The maximum atomic E-state index is 9.15. The van der Waals surface area contributed by atoms with Crippen LogP contribution in [0.4, 0.5) is 0 Å². The van der Waals surface area contributed by atoms with Gasteiger partial charge in [0.2, 0.25) is 0 Å². The summed E-state index contributed by atoms with van der Waals surface area (Å²) >= 11 is 0. The Morgan fingerprint density at radius 3 is 2.80 bits per heavy atom. The van der Waals surface area contributed by atoms with Crippen molar-refractivity contribution >= 4 is 0 Å². The highest BCUT2D eigenvalue weighted by atomic mass is 15.5. The average Bonchev–Trinajstić information content (AvgIpc) is 2.97. The molecule has 0 radical (unpaired) electrons. The summed E-state index contributed by atoms with van der Waals surface area (Å²) < 4.78 is 1.85. The lowest BCUT2D eigenvalue weighted by atomic mass is 9.88. The molecule has 0 spiro atoms. The summed E-state index contributed by atoms with van der Waals surface area (Å²) in [4.78, 5) is 0. The molecule has 1 aliphatic rings. The summed E-state index contributed by atoms with van der Waals surface area (Å²) in [5.74, 6) is 1.44. The van der Waals surface area contributed by atoms with Crippen LogP contribution in [0.1, 0.15) is 55.0 Å². The lowest BCUT2D eigenvalue weighted by Crippen LogP contribution is -2.14. The lowest BCUT2D eigenvalue weighted by molar-refractivity contribution is 0.412. The maximum Gasteiger partial charge on any atom is 0.154 e. The van der Waals surface area contributed by atoms with E-state index in [0.29, 0.717) is 18.0 Å². The number of aromatic nitrogens is 4. The van der Waals surface area contributed by atoms with Gasteiger partial charge in [0.1, 0.15) is 0 Å². The Kier molecular flexibility index (Phi) is 3.73. The van der Waals surface area contributed by atoms with Crippen LogP contribution in [0.5, 0.6) is 0 Å². The minimum Gasteiger partial charge on any atom is -0.225 e. The Bertz CT molecular complexity index is 619. The monoisotopic (exact) mass is 267 g/mol. The molecule has 102 valence electrons. The number of tetrazole rings is 1. The number of rotatable bonds is 3. The summed E-state index contributed by atoms with van der Waals surface area (Å²) in [5.41, 5.74) is 1.66. The molecule has 1 aromatic carbocycles. The van der Waals surface area contributed by atoms with Gasteiger partial charge in [-0.2, -0.15) is 5.26 Å². The fraction of sp³-hybridized carbons (Fsp3) is 0.467. The minimum atomic E-state index is 0.466. The second-order valence-corrected chi connectivity index (χ2v) is 5.30. The Morgan fingerprint density at radius 2 is 2.00 bits per heavy atom. The molecule has 0 atom stereocenters. The highest BCUT2D eigenvalue weighted by Gasteiger charge is 2.21. The van der Waals surface area contributed by atoms with E-state index in [0.717, 1.165) is 11.4 Å². The second kappa shape index (κ2) is 5.83. The van der Waals surface area contributed by atoms with Gasteiger partial charge >= 0.3 is 0 Å². The van der Waals surface area contributed by atoms with E-state index in [1.54, 1.807) is 0 Å². The molecule has 0 bridgehead atoms. The smallest absolute Gasteiger partial charge is 0.154 e. The number of nitriles is 1. The van der Waals surface area contributed by atoms with E-state index >= 15 is 0 Å². The molecule has 1 aliphatic carbocycles. The number of nitrogens with zero attached hydrogens (tertiary/aromatic N) is 5. The van der Waals surface area contributed by atoms with Crippen LogP contribution >= 0.6 is 0 Å². The molecule has 1 aromatic heterocycles. The predicted molar refractivity (Wildman–Crippen MR) is 73.9 cm³/mol. The van der Waals surface area contributed by atoms with Crippen LogP contribution in [0.15, 0.2) is 24.3 Å². The maximum absolute atomic E-state index is 9.15. The summed E-state index contributed by atoms with van der Waals surface area (Å²) in [6.45, 7) is 0.572. The van der Waals surface area contributed by atoms with Gasteiger partial charge in [-0.15, -0.1) is 5.10 Å². The summed E-state index contributed by atoms with van der Waals surface area (Å²) in [5, 5.41) is 21.3. The van der Waals surface area contributed by atoms with Crippen LogP contribution in [0.2, 0.25) is 0 Å². The van der Waals surface area contributed by atoms with Gasteiger partial charge in [0, 0.05) is 5.92 Å². The molecule has 3 rings (SSSR count). The Morgan fingerprint density at radius 1 is 1.20 bits per heavy atom. The van der Waals surface area contributed by atoms with Crippen molar-refractivity contribution in [3.8, 4) is 6.07 Å². The summed E-state index contributed by atoms with van der Waals surface area (Å²) in [6.07, 6.45) is 6.16. The van der Waals surface area contributed by atoms with E-state index < -0.39 is 0 Å². The molecule has 2 aromatic rings. The lowest BCUT2D eigenvalue weighted by Gasteiger charge is -2.20. The highest BCUT2D eigenvalue weighted by Crippen LogP contribution is 2.31. The van der Waals surface area contributed by atoms with Crippen LogP contribution < -0.4 is 0 Å². The normalized spacial score (nSPS) is 15.9. The van der Waals surface area contributed by atoms with Crippen molar-refractivity contribution in [2.45, 2.75) is 44.6 Å². The van der Waals surface area contributed by atoms with Crippen LogP contribution in [0.25, 0.3) is 0 Å². The quantitative estimate of drug-likeness (QED) is 0.857.